The lowest BCUT2D eigenvalue weighted by molar-refractivity contribution is -0.142. The Labute approximate surface area is 183 Å². The number of carboxylic acids is 1. The summed E-state index contributed by atoms with van der Waals surface area (Å²) in [6, 6.07) is 5.58. The number of nitrogens with zero attached hydrogens (tertiary/aromatic N) is 2. The van der Waals surface area contributed by atoms with Gasteiger partial charge in [0.25, 0.3) is 0 Å². The first-order chi connectivity index (χ1) is 13.9. The summed E-state index contributed by atoms with van der Waals surface area (Å²) in [6.45, 7) is 2.63. The zero-order valence-electron chi connectivity index (χ0n) is 15.9. The van der Waals surface area contributed by atoms with Gasteiger partial charge in [-0.3, -0.25) is 4.79 Å². The van der Waals surface area contributed by atoms with Crippen molar-refractivity contribution in [3.8, 4) is 0 Å². The minimum atomic E-state index is -0.697. The third-order valence-corrected chi connectivity index (χ3v) is 7.25. The number of thiophene rings is 1. The van der Waals surface area contributed by atoms with E-state index in [-0.39, 0.29) is 11.8 Å². The van der Waals surface area contributed by atoms with E-state index in [9.17, 15) is 9.90 Å². The highest BCUT2D eigenvalue weighted by Crippen LogP contribution is 2.37. The third-order valence-electron chi connectivity index (χ3n) is 5.52. The van der Waals surface area contributed by atoms with Gasteiger partial charge in [-0.05, 0) is 61.2 Å². The highest BCUT2D eigenvalue weighted by Gasteiger charge is 2.29. The van der Waals surface area contributed by atoms with Crippen molar-refractivity contribution in [1.82, 2.24) is 9.97 Å². The van der Waals surface area contributed by atoms with E-state index in [0.29, 0.717) is 29.4 Å². The van der Waals surface area contributed by atoms with Crippen LogP contribution in [0, 0.1) is 12.8 Å². The van der Waals surface area contributed by atoms with Gasteiger partial charge < -0.3 is 10.4 Å². The van der Waals surface area contributed by atoms with Crippen molar-refractivity contribution in [2.75, 3.05) is 5.32 Å². The second kappa shape index (κ2) is 8.46. The van der Waals surface area contributed by atoms with Gasteiger partial charge >= 0.3 is 5.97 Å². The normalized spacial score (nSPS) is 19.4. The Balaban J connectivity index is 1.59. The molecule has 0 unspecified atom stereocenters. The lowest BCUT2D eigenvalue weighted by atomic mass is 9.81. The fourth-order valence-corrected chi connectivity index (χ4v) is 5.09. The number of anilines is 1. The number of carboxylic acid groups (broad SMARTS) is 1. The number of benzene rings is 1. The molecule has 8 heteroatoms. The van der Waals surface area contributed by atoms with Gasteiger partial charge in [0.05, 0.1) is 21.3 Å². The molecule has 29 heavy (non-hydrogen) atoms. The summed E-state index contributed by atoms with van der Waals surface area (Å²) >= 11 is 13.8. The van der Waals surface area contributed by atoms with Gasteiger partial charge in [0, 0.05) is 12.5 Å². The molecule has 0 saturated heterocycles. The second-order valence-corrected chi connectivity index (χ2v) is 9.19. The largest absolute Gasteiger partial charge is 0.481 e. The van der Waals surface area contributed by atoms with Gasteiger partial charge in [-0.15, -0.1) is 11.3 Å². The van der Waals surface area contributed by atoms with Crippen LogP contribution in [0.1, 0.15) is 48.6 Å². The third kappa shape index (κ3) is 4.34. The standard InChI is InChI=1S/C21H21Cl2N3O2S/c1-11-10-29-20-17(11)19(24-9-12-2-7-15(22)16(23)8-12)25-18(26-20)13-3-5-14(6-4-13)21(27)28/h2,7-8,10,13-14H,3-6,9H2,1H3,(H,27,28)(H,24,25,26). The Morgan fingerprint density at radius 3 is 2.66 bits per heavy atom. The topological polar surface area (TPSA) is 75.1 Å². The van der Waals surface area contributed by atoms with Crippen molar-refractivity contribution < 1.29 is 9.90 Å². The Bertz CT molecular complexity index is 1060. The van der Waals surface area contributed by atoms with E-state index in [2.05, 4.69) is 17.6 Å². The molecule has 152 valence electrons. The molecule has 1 fully saturated rings. The molecule has 2 N–H and O–H groups in total. The molecule has 2 aromatic heterocycles. The van der Waals surface area contributed by atoms with Gasteiger partial charge in [0.2, 0.25) is 0 Å². The second-order valence-electron chi connectivity index (χ2n) is 7.52. The van der Waals surface area contributed by atoms with E-state index in [4.69, 9.17) is 33.2 Å². The maximum atomic E-state index is 11.2. The van der Waals surface area contributed by atoms with Crippen LogP contribution in [0.3, 0.4) is 0 Å². The molecule has 0 amide bonds. The van der Waals surface area contributed by atoms with E-state index in [0.717, 1.165) is 45.8 Å². The molecule has 0 atom stereocenters. The zero-order chi connectivity index (χ0) is 20.5. The Morgan fingerprint density at radius 2 is 1.97 bits per heavy atom. The average molecular weight is 450 g/mol. The van der Waals surface area contributed by atoms with E-state index in [1.54, 1.807) is 17.4 Å². The van der Waals surface area contributed by atoms with Crippen molar-refractivity contribution in [2.24, 2.45) is 5.92 Å². The number of nitrogens with one attached hydrogen (secondary N) is 1. The predicted octanol–water partition coefficient (Wildman–Crippen LogP) is 6.28. The van der Waals surface area contributed by atoms with E-state index in [1.807, 2.05) is 12.1 Å². The summed E-state index contributed by atoms with van der Waals surface area (Å²) in [5, 5.41) is 16.9. The van der Waals surface area contributed by atoms with Crippen LogP contribution in [0.25, 0.3) is 10.2 Å². The van der Waals surface area contributed by atoms with Crippen molar-refractivity contribution in [2.45, 2.75) is 45.1 Å². The van der Waals surface area contributed by atoms with E-state index >= 15 is 0 Å². The van der Waals surface area contributed by atoms with Gasteiger partial charge in [0.1, 0.15) is 16.5 Å². The maximum absolute atomic E-state index is 11.2. The molecule has 0 aliphatic heterocycles. The van der Waals surface area contributed by atoms with Gasteiger partial charge in [0.15, 0.2) is 0 Å². The van der Waals surface area contributed by atoms with Gasteiger partial charge in [-0.2, -0.15) is 0 Å². The number of halogens is 2. The van der Waals surface area contributed by atoms with Gasteiger partial charge in [-0.1, -0.05) is 29.3 Å². The van der Waals surface area contributed by atoms with Gasteiger partial charge in [-0.25, -0.2) is 9.97 Å². The first kappa shape index (κ1) is 20.4. The van der Waals surface area contributed by atoms with Crippen molar-refractivity contribution in [3.63, 3.8) is 0 Å². The predicted molar refractivity (Wildman–Crippen MR) is 118 cm³/mol. The average Bonchev–Trinajstić information content (AvgIpc) is 3.09. The molecule has 1 saturated carbocycles. The quantitative estimate of drug-likeness (QED) is 0.479. The smallest absolute Gasteiger partial charge is 0.306 e. The summed E-state index contributed by atoms with van der Waals surface area (Å²) in [7, 11) is 0. The molecule has 1 aliphatic rings. The molecule has 1 aromatic carbocycles. The number of carbonyl (C=O) groups is 1. The molecular formula is C21H21Cl2N3O2S. The van der Waals surface area contributed by atoms with Crippen molar-refractivity contribution in [3.05, 3.63) is 50.6 Å². The number of aliphatic carboxylic acids is 1. The minimum absolute atomic E-state index is 0.197. The van der Waals surface area contributed by atoms with E-state index in [1.165, 1.54) is 0 Å². The van der Waals surface area contributed by atoms with Crippen LogP contribution in [0.5, 0.6) is 0 Å². The van der Waals surface area contributed by atoms with Crippen LogP contribution in [0.4, 0.5) is 5.82 Å². The zero-order valence-corrected chi connectivity index (χ0v) is 18.2. The molecule has 1 aliphatic carbocycles. The van der Waals surface area contributed by atoms with E-state index < -0.39 is 5.97 Å². The summed E-state index contributed by atoms with van der Waals surface area (Å²) in [6.07, 6.45) is 2.96. The van der Waals surface area contributed by atoms with Crippen LogP contribution >= 0.6 is 34.5 Å². The summed E-state index contributed by atoms with van der Waals surface area (Å²) in [5.41, 5.74) is 2.16. The highest BCUT2D eigenvalue weighted by molar-refractivity contribution is 7.17. The fraction of sp³-hybridized carbons (Fsp3) is 0.381. The summed E-state index contributed by atoms with van der Waals surface area (Å²) in [4.78, 5) is 21.9. The molecule has 5 nitrogen and oxygen atoms in total. The number of aromatic nitrogens is 2. The first-order valence-electron chi connectivity index (χ1n) is 9.58. The van der Waals surface area contributed by atoms with Crippen molar-refractivity contribution >= 4 is 56.5 Å². The number of hydrogen-bond acceptors (Lipinski definition) is 5. The van der Waals surface area contributed by atoms with Crippen LogP contribution < -0.4 is 5.32 Å². The lowest BCUT2D eigenvalue weighted by Gasteiger charge is -2.25. The fourth-order valence-electron chi connectivity index (χ4n) is 3.84. The van der Waals surface area contributed by atoms with Crippen molar-refractivity contribution in [1.29, 1.82) is 0 Å². The number of fused-ring (bicyclic) bond motifs is 1. The molecule has 0 spiro atoms. The van der Waals surface area contributed by atoms with Crippen LogP contribution in [-0.4, -0.2) is 21.0 Å². The molecule has 0 bridgehead atoms. The number of rotatable bonds is 5. The molecule has 0 radical (unpaired) electrons. The molecule has 2 heterocycles. The Kier molecular flexibility index (Phi) is 5.95. The van der Waals surface area contributed by atoms with Crippen LogP contribution in [0.15, 0.2) is 23.6 Å². The molecule has 4 rings (SSSR count). The highest BCUT2D eigenvalue weighted by atomic mass is 35.5. The first-order valence-corrected chi connectivity index (χ1v) is 11.2. The number of aryl methyl sites for hydroxylation is 1. The number of hydrogen-bond donors (Lipinski definition) is 2. The Morgan fingerprint density at radius 1 is 1.21 bits per heavy atom. The lowest BCUT2D eigenvalue weighted by Crippen LogP contribution is -2.21. The summed E-state index contributed by atoms with van der Waals surface area (Å²) in [5.74, 6) is 0.877. The SMILES string of the molecule is Cc1csc2nc(C3CCC(C(=O)O)CC3)nc(NCc3ccc(Cl)c(Cl)c3)c12. The maximum Gasteiger partial charge on any atom is 0.306 e. The molecular weight excluding hydrogens is 429 g/mol. The van der Waals surface area contributed by atoms with Crippen LogP contribution in [0.2, 0.25) is 10.0 Å². The van der Waals surface area contributed by atoms with Crippen LogP contribution in [-0.2, 0) is 11.3 Å². The Hall–Kier alpha value is -1.89. The summed E-state index contributed by atoms with van der Waals surface area (Å²) < 4.78 is 0. The molecule has 3 aromatic rings. The monoisotopic (exact) mass is 449 g/mol. The minimum Gasteiger partial charge on any atom is -0.481 e.